The summed E-state index contributed by atoms with van der Waals surface area (Å²) in [4.78, 5) is 28.8. The Morgan fingerprint density at radius 2 is 1.88 bits per heavy atom. The lowest BCUT2D eigenvalue weighted by Crippen LogP contribution is -2.20. The van der Waals surface area contributed by atoms with Gasteiger partial charge in [-0.25, -0.2) is 10.3 Å². The number of hydrogen-bond acceptors (Lipinski definition) is 5. The molecule has 0 aromatic heterocycles. The highest BCUT2D eigenvalue weighted by atomic mass is 19.4. The van der Waals surface area contributed by atoms with Gasteiger partial charge in [0.15, 0.2) is 5.78 Å². The number of hydrogen-bond donors (Lipinski definition) is 1. The van der Waals surface area contributed by atoms with Crippen molar-refractivity contribution in [2.75, 3.05) is 12.1 Å². The highest BCUT2D eigenvalue weighted by molar-refractivity contribution is 6.18. The van der Waals surface area contributed by atoms with E-state index in [0.29, 0.717) is 12.8 Å². The molecule has 1 aromatic rings. The van der Waals surface area contributed by atoms with Gasteiger partial charge in [-0.05, 0) is 44.0 Å². The topological polar surface area (TPSA) is 64.6 Å². The van der Waals surface area contributed by atoms with E-state index in [-0.39, 0.29) is 29.6 Å². The van der Waals surface area contributed by atoms with E-state index in [0.717, 1.165) is 30.5 Å². The Kier molecular flexibility index (Phi) is 5.48. The first kappa shape index (κ1) is 17.8. The molecule has 0 atom stereocenters. The van der Waals surface area contributed by atoms with E-state index in [4.69, 9.17) is 9.57 Å². The Labute approximate surface area is 136 Å². The number of alkyl halides is 3. The largest absolute Gasteiger partial charge is 0.500 e. The molecule has 24 heavy (non-hydrogen) atoms. The fourth-order valence-electron chi connectivity index (χ4n) is 1.83. The van der Waals surface area contributed by atoms with Gasteiger partial charge < -0.3 is 9.57 Å². The summed E-state index contributed by atoms with van der Waals surface area (Å²) in [6.07, 6.45) is -1.97. The molecular formula is C16H16F3NO4. The summed E-state index contributed by atoms with van der Waals surface area (Å²) in [5.74, 6) is -1.50. The number of nitrogens with one attached hydrogen (secondary N) is 1. The van der Waals surface area contributed by atoms with Crippen LogP contribution in [0.3, 0.4) is 0 Å². The zero-order valence-corrected chi connectivity index (χ0v) is 12.9. The minimum absolute atomic E-state index is 0.144. The molecule has 5 nitrogen and oxygen atoms in total. The van der Waals surface area contributed by atoms with Gasteiger partial charge in [0, 0.05) is 5.92 Å². The maximum Gasteiger partial charge on any atom is 0.416 e. The average molecular weight is 343 g/mol. The van der Waals surface area contributed by atoms with Crippen molar-refractivity contribution in [2.24, 2.45) is 5.92 Å². The van der Waals surface area contributed by atoms with Crippen molar-refractivity contribution in [3.63, 3.8) is 0 Å². The number of carbonyl (C=O) groups excluding carboxylic acids is 2. The summed E-state index contributed by atoms with van der Waals surface area (Å²) in [5.41, 5.74) is 1.33. The normalized spacial score (nSPS) is 14.9. The third-order valence-electron chi connectivity index (χ3n) is 3.28. The van der Waals surface area contributed by atoms with E-state index in [1.165, 1.54) is 0 Å². The molecule has 0 unspecified atom stereocenters. The number of ether oxygens (including phenoxy) is 1. The highest BCUT2D eigenvalue weighted by Gasteiger charge is 2.36. The Morgan fingerprint density at radius 1 is 1.25 bits per heavy atom. The molecule has 1 fully saturated rings. The fraction of sp³-hybridized carbons (Fsp3) is 0.375. The molecule has 1 aliphatic rings. The molecule has 8 heteroatoms. The first-order chi connectivity index (χ1) is 11.3. The van der Waals surface area contributed by atoms with Crippen LogP contribution < -0.4 is 5.48 Å². The molecule has 0 spiro atoms. The smallest absolute Gasteiger partial charge is 0.416 e. The Morgan fingerprint density at radius 3 is 2.38 bits per heavy atom. The molecule has 0 radical (unpaired) electrons. The molecule has 1 N–H and O–H groups in total. The second kappa shape index (κ2) is 7.37. The summed E-state index contributed by atoms with van der Waals surface area (Å²) in [6, 6.07) is 3.93. The zero-order chi connectivity index (χ0) is 17.7. The molecule has 0 saturated heterocycles. The van der Waals surface area contributed by atoms with E-state index >= 15 is 0 Å². The second-order valence-electron chi connectivity index (χ2n) is 5.19. The van der Waals surface area contributed by atoms with Gasteiger partial charge in [0.05, 0.1) is 17.9 Å². The van der Waals surface area contributed by atoms with Crippen LogP contribution in [-0.2, 0) is 25.3 Å². The second-order valence-corrected chi connectivity index (χ2v) is 5.19. The van der Waals surface area contributed by atoms with Crippen LogP contribution in [0.4, 0.5) is 18.9 Å². The first-order valence-electron chi connectivity index (χ1n) is 7.33. The van der Waals surface area contributed by atoms with Crippen LogP contribution in [0.15, 0.2) is 36.1 Å². The SMILES string of the molecule is CCOC=C(C(=O)ONc1ccc(C(F)(F)F)cc1)C(=O)C1CC1. The van der Waals surface area contributed by atoms with Gasteiger partial charge >= 0.3 is 12.1 Å². The van der Waals surface area contributed by atoms with Gasteiger partial charge in [-0.3, -0.25) is 4.79 Å². The van der Waals surface area contributed by atoms with Gasteiger partial charge in [0.25, 0.3) is 0 Å². The van der Waals surface area contributed by atoms with E-state index in [2.05, 4.69) is 5.48 Å². The monoisotopic (exact) mass is 343 g/mol. The van der Waals surface area contributed by atoms with Crippen LogP contribution in [0.25, 0.3) is 0 Å². The van der Waals surface area contributed by atoms with Crippen molar-refractivity contribution < 1.29 is 32.3 Å². The maximum absolute atomic E-state index is 12.5. The van der Waals surface area contributed by atoms with Crippen molar-refractivity contribution in [1.82, 2.24) is 0 Å². The summed E-state index contributed by atoms with van der Waals surface area (Å²) >= 11 is 0. The lowest BCUT2D eigenvalue weighted by molar-refractivity contribution is -0.139. The van der Waals surface area contributed by atoms with Crippen LogP contribution in [0, 0.1) is 5.92 Å². The molecule has 0 amide bonds. The van der Waals surface area contributed by atoms with Crippen LogP contribution in [-0.4, -0.2) is 18.4 Å². The van der Waals surface area contributed by atoms with Crippen LogP contribution in [0.2, 0.25) is 0 Å². The Hall–Kier alpha value is -2.51. The summed E-state index contributed by atoms with van der Waals surface area (Å²) in [7, 11) is 0. The third kappa shape index (κ3) is 4.74. The maximum atomic E-state index is 12.5. The van der Waals surface area contributed by atoms with Crippen molar-refractivity contribution in [3.05, 3.63) is 41.7 Å². The molecule has 1 saturated carbocycles. The molecule has 0 heterocycles. The van der Waals surface area contributed by atoms with Gasteiger partial charge in [-0.2, -0.15) is 13.2 Å². The Bertz CT molecular complexity index is 634. The molecule has 130 valence electrons. The van der Waals surface area contributed by atoms with Gasteiger partial charge in [-0.1, -0.05) is 0 Å². The van der Waals surface area contributed by atoms with Crippen molar-refractivity contribution in [1.29, 1.82) is 0 Å². The standard InChI is InChI=1S/C16H16F3NO4/c1-2-23-9-13(14(21)10-3-4-10)15(22)24-20-12-7-5-11(6-8-12)16(17,18)19/h5-10,20H,2-4H2,1H3. The summed E-state index contributed by atoms with van der Waals surface area (Å²) in [5, 5.41) is 0. The van der Waals surface area contributed by atoms with E-state index < -0.39 is 17.7 Å². The van der Waals surface area contributed by atoms with E-state index in [9.17, 15) is 22.8 Å². The number of Topliss-reactive ketones (excluding diaryl/α,β-unsaturated/α-hetero) is 1. The molecular weight excluding hydrogens is 327 g/mol. The average Bonchev–Trinajstić information content (AvgIpc) is 3.37. The number of ketones is 1. The van der Waals surface area contributed by atoms with Gasteiger partial charge in [0.1, 0.15) is 11.8 Å². The van der Waals surface area contributed by atoms with Crippen LogP contribution in [0.1, 0.15) is 25.3 Å². The predicted molar refractivity (Wildman–Crippen MR) is 78.6 cm³/mol. The van der Waals surface area contributed by atoms with Gasteiger partial charge in [-0.15, -0.1) is 0 Å². The molecule has 1 aromatic carbocycles. The lowest BCUT2D eigenvalue weighted by Gasteiger charge is -2.10. The summed E-state index contributed by atoms with van der Waals surface area (Å²) in [6.45, 7) is 1.97. The zero-order valence-electron chi connectivity index (χ0n) is 12.9. The molecule has 0 bridgehead atoms. The van der Waals surface area contributed by atoms with E-state index in [1.54, 1.807) is 6.92 Å². The first-order valence-corrected chi connectivity index (χ1v) is 7.33. The predicted octanol–water partition coefficient (Wildman–Crippen LogP) is 3.48. The minimum atomic E-state index is -4.45. The third-order valence-corrected chi connectivity index (χ3v) is 3.28. The number of benzene rings is 1. The van der Waals surface area contributed by atoms with Crippen molar-refractivity contribution in [3.8, 4) is 0 Å². The molecule has 2 rings (SSSR count). The quantitative estimate of drug-likeness (QED) is 0.270. The molecule has 1 aliphatic carbocycles. The number of carbonyl (C=O) groups is 2. The van der Waals surface area contributed by atoms with Crippen molar-refractivity contribution >= 4 is 17.4 Å². The number of halogens is 3. The van der Waals surface area contributed by atoms with Crippen molar-refractivity contribution in [2.45, 2.75) is 25.9 Å². The van der Waals surface area contributed by atoms with Crippen LogP contribution in [0.5, 0.6) is 0 Å². The number of anilines is 1. The van der Waals surface area contributed by atoms with Gasteiger partial charge in [0.2, 0.25) is 0 Å². The lowest BCUT2D eigenvalue weighted by atomic mass is 10.1. The van der Waals surface area contributed by atoms with E-state index in [1.807, 2.05) is 0 Å². The fourth-order valence-corrected chi connectivity index (χ4v) is 1.83. The number of rotatable bonds is 7. The summed E-state index contributed by atoms with van der Waals surface area (Å²) < 4.78 is 42.4. The molecule has 0 aliphatic heterocycles. The Balaban J connectivity index is 1.98. The minimum Gasteiger partial charge on any atom is -0.500 e. The van der Waals surface area contributed by atoms with Crippen LogP contribution >= 0.6 is 0 Å². The highest BCUT2D eigenvalue weighted by Crippen LogP contribution is 2.33.